The van der Waals surface area contributed by atoms with Crippen LogP contribution in [0.15, 0.2) is 40.5 Å². The molecule has 2 heterocycles. The van der Waals surface area contributed by atoms with Crippen LogP contribution in [0.2, 0.25) is 0 Å². The number of carbonyl (C=O) groups excluding carboxylic acids is 2. The summed E-state index contributed by atoms with van der Waals surface area (Å²) in [6.45, 7) is 11.5. The van der Waals surface area contributed by atoms with Gasteiger partial charge in [-0.05, 0) is 49.6 Å². The number of amides is 2. The zero-order chi connectivity index (χ0) is 25.8. The van der Waals surface area contributed by atoms with Crippen LogP contribution in [0.4, 0.5) is 10.6 Å². The number of carbonyl (C=O) groups is 2. The van der Waals surface area contributed by atoms with Gasteiger partial charge in [0.15, 0.2) is 0 Å². The van der Waals surface area contributed by atoms with Crippen LogP contribution in [0.1, 0.15) is 48.0 Å². The summed E-state index contributed by atoms with van der Waals surface area (Å²) < 4.78 is 10.7. The van der Waals surface area contributed by atoms with Crippen molar-refractivity contribution in [2.75, 3.05) is 25.6 Å². The second-order valence-electron chi connectivity index (χ2n) is 7.71. The molecule has 3 rings (SSSR count). The van der Waals surface area contributed by atoms with Crippen molar-refractivity contribution in [2.24, 2.45) is 10.2 Å². The van der Waals surface area contributed by atoms with Crippen LogP contribution >= 0.6 is 0 Å². The van der Waals surface area contributed by atoms with Gasteiger partial charge in [0, 0.05) is 13.1 Å². The monoisotopic (exact) mass is 487 g/mol. The van der Waals surface area contributed by atoms with Gasteiger partial charge in [-0.25, -0.2) is 4.79 Å². The van der Waals surface area contributed by atoms with Crippen molar-refractivity contribution in [1.29, 1.82) is 0 Å². The predicted molar refractivity (Wildman–Crippen MR) is 133 cm³/mol. The van der Waals surface area contributed by atoms with Crippen LogP contribution in [0.5, 0.6) is 5.75 Å². The van der Waals surface area contributed by atoms with Crippen LogP contribution in [-0.4, -0.2) is 66.3 Å². The summed E-state index contributed by atoms with van der Waals surface area (Å²) in [5, 5.41) is 17.1. The molecule has 1 aliphatic rings. The van der Waals surface area contributed by atoms with E-state index in [1.54, 1.807) is 56.4 Å². The molecule has 1 aromatic heterocycles. The van der Waals surface area contributed by atoms with Gasteiger partial charge < -0.3 is 48.1 Å². The van der Waals surface area contributed by atoms with Gasteiger partial charge in [-0.1, -0.05) is 18.5 Å². The Kier molecular flexibility index (Phi) is 13.5. The topological polar surface area (TPSA) is 126 Å². The predicted octanol–water partition coefficient (Wildman–Crippen LogP) is 0.241. The molecule has 0 saturated carbocycles. The van der Waals surface area contributed by atoms with Gasteiger partial charge in [-0.15, -0.1) is 6.07 Å². The van der Waals surface area contributed by atoms with Crippen LogP contribution in [-0.2, 0) is 17.7 Å². The maximum absolute atomic E-state index is 12.9. The Hall–Kier alpha value is -3.19. The van der Waals surface area contributed by atoms with Crippen molar-refractivity contribution in [3.63, 3.8) is 0 Å². The molecule has 2 amide bonds. The summed E-state index contributed by atoms with van der Waals surface area (Å²) in [6, 6.07) is 8.55. The first kappa shape index (κ1) is 30.8. The molecule has 2 aromatic rings. The Morgan fingerprint density at radius 2 is 2.06 bits per heavy atom. The molecule has 1 aliphatic heterocycles. The first-order valence-electron chi connectivity index (χ1n) is 11.0. The van der Waals surface area contributed by atoms with E-state index in [9.17, 15) is 9.59 Å². The van der Waals surface area contributed by atoms with Gasteiger partial charge in [-0.3, -0.25) is 9.78 Å². The normalized spacial score (nSPS) is 12.1. The number of anilines is 1. The maximum Gasteiger partial charge on any atom is 1.00 e. The van der Waals surface area contributed by atoms with Crippen molar-refractivity contribution >= 4 is 30.8 Å². The third kappa shape index (κ3) is 9.11. The molecule has 11 heteroatoms. The molecule has 0 aliphatic carbocycles. The molecule has 0 fully saturated rings. The van der Waals surface area contributed by atoms with E-state index in [-0.39, 0.29) is 37.7 Å². The number of benzene rings is 1. The number of aliphatic hydroxyl groups excluding tert-OH is 1. The zero-order valence-corrected chi connectivity index (χ0v) is 21.3. The zero-order valence-electron chi connectivity index (χ0n) is 21.3. The van der Waals surface area contributed by atoms with Crippen LogP contribution in [0.25, 0.3) is 0 Å². The van der Waals surface area contributed by atoms with E-state index >= 15 is 0 Å². The Labute approximate surface area is 224 Å². The molecule has 0 radical (unpaired) electrons. The summed E-state index contributed by atoms with van der Waals surface area (Å²) in [7, 11) is 1.51. The molecule has 10 nitrogen and oxygen atoms in total. The molecular weight excluding hydrogens is 457 g/mol. The SMILES string of the molecule is C[CH-]CO.[CH-]=NN=[C-]c1cccc(NC(=O)c2cc3c(cc2OC)CCN(C(=O)OC(C)C)C3)n1.[Li+]. The van der Waals surface area contributed by atoms with Gasteiger partial charge in [0.2, 0.25) is 0 Å². The number of ether oxygens (including phenoxy) is 2. The fourth-order valence-electron chi connectivity index (χ4n) is 3.20. The molecule has 0 spiro atoms. The van der Waals surface area contributed by atoms with Crippen molar-refractivity contribution in [3.05, 3.63) is 59.1 Å². The van der Waals surface area contributed by atoms with E-state index < -0.39 is 5.91 Å². The maximum atomic E-state index is 12.9. The average molecular weight is 487 g/mol. The number of nitrogens with one attached hydrogen (secondary N) is 1. The molecule has 36 heavy (non-hydrogen) atoms. The summed E-state index contributed by atoms with van der Waals surface area (Å²) in [5.74, 6) is 0.358. The van der Waals surface area contributed by atoms with E-state index in [0.717, 1.165) is 11.1 Å². The molecule has 0 bridgehead atoms. The molecule has 0 atom stereocenters. The van der Waals surface area contributed by atoms with Crippen molar-refractivity contribution in [2.45, 2.75) is 39.8 Å². The van der Waals surface area contributed by atoms with Gasteiger partial charge in [-0.2, -0.15) is 13.0 Å². The van der Waals surface area contributed by atoms with Gasteiger partial charge >= 0.3 is 25.0 Å². The second-order valence-corrected chi connectivity index (χ2v) is 7.71. The third-order valence-electron chi connectivity index (χ3n) is 4.77. The average Bonchev–Trinajstić information content (AvgIpc) is 2.86. The van der Waals surface area contributed by atoms with E-state index in [0.29, 0.717) is 42.3 Å². The van der Waals surface area contributed by atoms with Crippen molar-refractivity contribution in [1.82, 2.24) is 9.88 Å². The largest absolute Gasteiger partial charge is 1.00 e. The van der Waals surface area contributed by atoms with E-state index in [1.807, 2.05) is 6.07 Å². The third-order valence-corrected chi connectivity index (χ3v) is 4.77. The summed E-state index contributed by atoms with van der Waals surface area (Å²) in [6.07, 6.45) is 4.29. The number of pyridine rings is 1. The number of nitrogens with zero attached hydrogens (tertiary/aromatic N) is 4. The van der Waals surface area contributed by atoms with Crippen LogP contribution < -0.4 is 28.9 Å². The van der Waals surface area contributed by atoms with Crippen LogP contribution in [0.3, 0.4) is 0 Å². The van der Waals surface area contributed by atoms with Gasteiger partial charge in [0.25, 0.3) is 5.91 Å². The summed E-state index contributed by atoms with van der Waals surface area (Å²) in [5.41, 5.74) is 2.59. The smallest absolute Gasteiger partial charge is 0.496 e. The molecule has 0 saturated heterocycles. The second kappa shape index (κ2) is 15.7. The van der Waals surface area contributed by atoms with Gasteiger partial charge in [0.05, 0.1) is 18.8 Å². The number of fused-ring (bicyclic) bond motifs is 1. The number of aliphatic hydroxyl groups is 1. The van der Waals surface area contributed by atoms with E-state index in [2.05, 4.69) is 26.7 Å². The Bertz CT molecular complexity index is 1060. The molecular formula is C25H30LiN5O5-2. The van der Waals surface area contributed by atoms with E-state index in [4.69, 9.17) is 21.3 Å². The first-order valence-corrected chi connectivity index (χ1v) is 11.0. The number of rotatable bonds is 7. The minimum atomic E-state index is -0.397. The van der Waals surface area contributed by atoms with Gasteiger partial charge in [0.1, 0.15) is 11.6 Å². The van der Waals surface area contributed by atoms with Crippen molar-refractivity contribution in [3.8, 4) is 5.75 Å². The standard InChI is InChI=1S/C22H23N5O4.C3H7O.Li/c1-14(2)31-22(29)27-9-8-15-11-19(30-4)18(10-16(15)13-27)21(28)26-20-7-5-6-17(25-20)12-24-23-3;1-2-3-4;/h3,5-7,10-11,14H,8-9,13H2,1-2,4H3,(H,25,26,28);2,4H,3H2,1H3;/q-2;-1;+1. The van der Waals surface area contributed by atoms with E-state index in [1.165, 1.54) is 7.11 Å². The Balaban J connectivity index is 0.00000120. The molecule has 2 N–H and O–H groups in total. The van der Waals surface area contributed by atoms with Crippen LogP contribution in [0, 0.1) is 6.42 Å². The summed E-state index contributed by atoms with van der Waals surface area (Å²) in [4.78, 5) is 31.1. The number of hydrogen-bond donors (Lipinski definition) is 2. The quantitative estimate of drug-likeness (QED) is 0.250. The Morgan fingerprint density at radius 3 is 2.67 bits per heavy atom. The number of hydrogen-bond acceptors (Lipinski definition) is 8. The number of methoxy groups -OCH3 is 1. The Morgan fingerprint density at radius 1 is 1.33 bits per heavy atom. The minimum Gasteiger partial charge on any atom is -0.496 e. The van der Waals surface area contributed by atoms with Crippen molar-refractivity contribution < 1.29 is 43.0 Å². The molecule has 188 valence electrons. The minimum absolute atomic E-state index is 0. The molecule has 1 aromatic carbocycles. The fraction of sp³-hybridized carbons (Fsp3) is 0.360. The number of aromatic nitrogens is 1. The molecule has 0 unspecified atom stereocenters. The summed E-state index contributed by atoms with van der Waals surface area (Å²) >= 11 is 0. The first-order chi connectivity index (χ1) is 16.8. The fourth-order valence-corrected chi connectivity index (χ4v) is 3.20.